The number of nitrogens with one attached hydrogen (secondary N) is 2. The Morgan fingerprint density at radius 1 is 1.08 bits per heavy atom. The SMILES string of the molecule is Nc1ccn([C@H]2C[C@H](OP(=O)(NCc3cccc4c3OCO4)OC[C@H]3O[C@@H](n4cnc5c(=O)[nH]c(N)nc54)C[C@@H]3O)[C@@H](CO)O2)c(=O)n1. The number of anilines is 2. The van der Waals surface area contributed by atoms with Crippen molar-refractivity contribution in [2.75, 3.05) is 31.5 Å². The van der Waals surface area contributed by atoms with Crippen LogP contribution in [0.15, 0.2) is 46.4 Å². The number of rotatable bonds is 11. The third kappa shape index (κ3) is 6.27. The average molecular weight is 690 g/mol. The van der Waals surface area contributed by atoms with E-state index in [9.17, 15) is 24.4 Å². The summed E-state index contributed by atoms with van der Waals surface area (Å²) in [6.07, 6.45) is -3.00. The van der Waals surface area contributed by atoms with E-state index in [0.717, 1.165) is 0 Å². The van der Waals surface area contributed by atoms with E-state index in [4.69, 9.17) is 39.5 Å². The highest BCUT2D eigenvalue weighted by atomic mass is 31.2. The summed E-state index contributed by atoms with van der Waals surface area (Å²) in [6, 6.07) is 6.63. The molecule has 0 aliphatic carbocycles. The molecule has 0 radical (unpaired) electrons. The molecule has 6 heterocycles. The number of hydrogen-bond donors (Lipinski definition) is 6. The van der Waals surface area contributed by atoms with Gasteiger partial charge in [0.05, 0.1) is 25.6 Å². The lowest BCUT2D eigenvalue weighted by Gasteiger charge is -2.26. The molecule has 0 amide bonds. The molecule has 4 aromatic rings. The molecule has 1 aromatic carbocycles. The summed E-state index contributed by atoms with van der Waals surface area (Å²) in [6.45, 7) is -0.955. The second kappa shape index (κ2) is 12.9. The average Bonchev–Trinajstić information content (AvgIpc) is 3.85. The molecule has 256 valence electrons. The number of nitrogen functional groups attached to an aromatic ring is 2. The Hall–Kier alpha value is -4.40. The van der Waals surface area contributed by atoms with E-state index < -0.39 is 69.1 Å². The molecule has 0 saturated carbocycles. The Kier molecular flexibility index (Phi) is 8.64. The largest absolute Gasteiger partial charge is 0.454 e. The predicted molar refractivity (Wildman–Crippen MR) is 163 cm³/mol. The quantitative estimate of drug-likeness (QED) is 0.108. The van der Waals surface area contributed by atoms with Crippen LogP contribution in [0, 0.1) is 0 Å². The summed E-state index contributed by atoms with van der Waals surface area (Å²) < 4.78 is 51.8. The van der Waals surface area contributed by atoms with E-state index in [2.05, 4.69) is 25.0 Å². The van der Waals surface area contributed by atoms with Gasteiger partial charge in [-0.05, 0) is 12.1 Å². The zero-order valence-electron chi connectivity index (χ0n) is 25.1. The van der Waals surface area contributed by atoms with E-state index >= 15 is 0 Å². The molecular formula is C27H32N9O11P. The van der Waals surface area contributed by atoms with Crippen LogP contribution in [0.2, 0.25) is 0 Å². The molecule has 21 heteroatoms. The monoisotopic (exact) mass is 689 g/mol. The smallest absolute Gasteiger partial charge is 0.406 e. The summed E-state index contributed by atoms with van der Waals surface area (Å²) in [5, 5.41) is 23.8. The highest BCUT2D eigenvalue weighted by Crippen LogP contribution is 2.50. The molecular weight excluding hydrogens is 657 g/mol. The Morgan fingerprint density at radius 3 is 2.71 bits per heavy atom. The topological polar surface area (TPSA) is 275 Å². The number of aromatic amines is 1. The van der Waals surface area contributed by atoms with Gasteiger partial charge in [-0.2, -0.15) is 9.97 Å². The van der Waals surface area contributed by atoms with Gasteiger partial charge >= 0.3 is 13.4 Å². The molecule has 2 fully saturated rings. The van der Waals surface area contributed by atoms with Crippen LogP contribution in [-0.2, 0) is 29.6 Å². The number of fused-ring (bicyclic) bond motifs is 2. The van der Waals surface area contributed by atoms with Crippen LogP contribution < -0.4 is 37.3 Å². The van der Waals surface area contributed by atoms with Gasteiger partial charge in [0.15, 0.2) is 22.7 Å². The number of nitrogens with two attached hydrogens (primary N) is 2. The minimum absolute atomic E-state index is 0.00294. The number of hydrogen-bond acceptors (Lipinski definition) is 16. The standard InChI is InChI=1S/C27H32N9O11P/c28-19-4-5-35(27(40)32-19)21-7-16(17(9-37)45-21)47-48(41,31-8-13-2-1-3-15-23(13)43-12-42-15)44-10-18-14(38)6-20(46-18)36-11-30-22-24(36)33-26(29)34-25(22)39/h1-5,11,14,16-18,20-21,37-38H,6-10,12H2,(H,31,41)(H2,28,32,40)(H3,29,33,34,39)/t14-,16-,17+,18+,20+,21+,48?/m0/s1. The third-order valence-electron chi connectivity index (χ3n) is 8.11. The highest BCUT2D eigenvalue weighted by Gasteiger charge is 2.44. The molecule has 2 saturated heterocycles. The summed E-state index contributed by atoms with van der Waals surface area (Å²) in [4.78, 5) is 39.0. The Bertz CT molecular complexity index is 1990. The number of para-hydroxylation sites is 1. The zero-order valence-corrected chi connectivity index (χ0v) is 26.0. The molecule has 48 heavy (non-hydrogen) atoms. The van der Waals surface area contributed by atoms with Gasteiger partial charge < -0.3 is 40.6 Å². The molecule has 0 bridgehead atoms. The van der Waals surface area contributed by atoms with E-state index in [0.29, 0.717) is 17.1 Å². The number of aromatic nitrogens is 6. The van der Waals surface area contributed by atoms with E-state index in [1.54, 1.807) is 18.2 Å². The predicted octanol–water partition coefficient (Wildman–Crippen LogP) is -0.502. The molecule has 20 nitrogen and oxygen atoms in total. The second-order valence-corrected chi connectivity index (χ2v) is 13.0. The van der Waals surface area contributed by atoms with Crippen molar-refractivity contribution in [2.24, 2.45) is 0 Å². The fourth-order valence-electron chi connectivity index (χ4n) is 5.76. The first-order chi connectivity index (χ1) is 23.1. The van der Waals surface area contributed by atoms with Crippen LogP contribution in [-0.4, -0.2) is 83.7 Å². The van der Waals surface area contributed by atoms with Gasteiger partial charge in [-0.1, -0.05) is 12.1 Å². The fraction of sp³-hybridized carbons (Fsp3) is 0.444. The molecule has 8 N–H and O–H groups in total. The summed E-state index contributed by atoms with van der Waals surface area (Å²) >= 11 is 0. The molecule has 3 aliphatic rings. The van der Waals surface area contributed by atoms with E-state index in [-0.39, 0.29) is 49.1 Å². The first kappa shape index (κ1) is 32.2. The van der Waals surface area contributed by atoms with Gasteiger partial charge in [-0.25, -0.2) is 19.4 Å². The number of ether oxygens (including phenoxy) is 4. The van der Waals surface area contributed by atoms with Crippen molar-refractivity contribution in [3.05, 3.63) is 63.2 Å². The minimum Gasteiger partial charge on any atom is -0.454 e. The Morgan fingerprint density at radius 2 is 1.90 bits per heavy atom. The number of nitrogens with zero attached hydrogens (tertiary/aromatic N) is 5. The van der Waals surface area contributed by atoms with Crippen molar-refractivity contribution in [3.63, 3.8) is 0 Å². The van der Waals surface area contributed by atoms with Crippen LogP contribution in [0.3, 0.4) is 0 Å². The second-order valence-electron chi connectivity index (χ2n) is 11.2. The van der Waals surface area contributed by atoms with E-state index in [1.165, 1.54) is 27.7 Å². The normalized spacial score (nSPS) is 26.3. The van der Waals surface area contributed by atoms with Crippen molar-refractivity contribution >= 4 is 30.7 Å². The van der Waals surface area contributed by atoms with Crippen molar-refractivity contribution in [1.82, 2.24) is 34.2 Å². The van der Waals surface area contributed by atoms with Gasteiger partial charge in [0.1, 0.15) is 36.6 Å². The van der Waals surface area contributed by atoms with Gasteiger partial charge in [0.25, 0.3) is 5.56 Å². The maximum absolute atomic E-state index is 14.4. The van der Waals surface area contributed by atoms with Crippen LogP contribution in [0.5, 0.6) is 11.5 Å². The highest BCUT2D eigenvalue weighted by molar-refractivity contribution is 7.51. The third-order valence-corrected chi connectivity index (χ3v) is 9.69. The molecule has 0 spiro atoms. The number of benzene rings is 1. The van der Waals surface area contributed by atoms with Gasteiger partial charge in [0.2, 0.25) is 12.7 Å². The van der Waals surface area contributed by atoms with E-state index in [1.807, 2.05) is 0 Å². The lowest BCUT2D eigenvalue weighted by Crippen LogP contribution is -2.32. The van der Waals surface area contributed by atoms with Crippen LogP contribution in [0.25, 0.3) is 11.2 Å². The van der Waals surface area contributed by atoms with Crippen molar-refractivity contribution in [1.29, 1.82) is 0 Å². The van der Waals surface area contributed by atoms with Gasteiger partial charge in [-0.15, -0.1) is 0 Å². The summed E-state index contributed by atoms with van der Waals surface area (Å²) in [7, 11) is -4.30. The lowest BCUT2D eigenvalue weighted by atomic mass is 10.2. The Balaban J connectivity index is 1.10. The zero-order chi connectivity index (χ0) is 33.6. The molecule has 7 atom stereocenters. The van der Waals surface area contributed by atoms with Crippen molar-refractivity contribution in [2.45, 2.75) is 56.3 Å². The molecule has 3 aromatic heterocycles. The van der Waals surface area contributed by atoms with Crippen molar-refractivity contribution < 1.29 is 42.8 Å². The number of aliphatic hydroxyl groups excluding tert-OH is 2. The Labute approximate surface area is 270 Å². The molecule has 3 aliphatic heterocycles. The van der Waals surface area contributed by atoms with Crippen molar-refractivity contribution in [3.8, 4) is 11.5 Å². The van der Waals surface area contributed by atoms with Gasteiger partial charge in [-0.3, -0.25) is 28.0 Å². The van der Waals surface area contributed by atoms with Gasteiger partial charge in [0, 0.05) is 31.1 Å². The number of aliphatic hydroxyl groups is 2. The fourth-order valence-corrected chi connectivity index (χ4v) is 7.27. The lowest BCUT2D eigenvalue weighted by molar-refractivity contribution is -0.0521. The summed E-state index contributed by atoms with van der Waals surface area (Å²) in [5.41, 5.74) is 10.9. The molecule has 1 unspecified atom stereocenters. The molecule has 7 rings (SSSR count). The maximum Gasteiger partial charge on any atom is 0.406 e. The number of imidazole rings is 1. The maximum atomic E-state index is 14.4. The van der Waals surface area contributed by atoms with Crippen LogP contribution >= 0.6 is 7.75 Å². The first-order valence-corrected chi connectivity index (χ1v) is 16.4. The van der Waals surface area contributed by atoms with Crippen LogP contribution in [0.4, 0.5) is 11.8 Å². The van der Waals surface area contributed by atoms with Crippen LogP contribution in [0.1, 0.15) is 30.9 Å². The first-order valence-electron chi connectivity index (χ1n) is 14.8. The number of H-pyrrole nitrogens is 1. The minimum atomic E-state index is -4.30. The summed E-state index contributed by atoms with van der Waals surface area (Å²) in [5.74, 6) is 0.884.